The van der Waals surface area contributed by atoms with Gasteiger partial charge in [0.05, 0.1) is 0 Å². The summed E-state index contributed by atoms with van der Waals surface area (Å²) >= 11 is 2.13. The van der Waals surface area contributed by atoms with Gasteiger partial charge in [-0.2, -0.15) is 0 Å². The zero-order chi connectivity index (χ0) is 12.1. The van der Waals surface area contributed by atoms with Gasteiger partial charge in [-0.15, -0.1) is 0 Å². The van der Waals surface area contributed by atoms with Gasteiger partial charge in [0, 0.05) is 22.6 Å². The van der Waals surface area contributed by atoms with Gasteiger partial charge in [0.2, 0.25) is 0 Å². The number of halogens is 1. The quantitative estimate of drug-likeness (QED) is 0.867. The van der Waals surface area contributed by atoms with Gasteiger partial charge < -0.3 is 9.84 Å². The summed E-state index contributed by atoms with van der Waals surface area (Å²) in [6.07, 6.45) is 3.94. The van der Waals surface area contributed by atoms with Crippen LogP contribution in [0.25, 0.3) is 0 Å². The average molecular weight is 342 g/mol. The summed E-state index contributed by atoms with van der Waals surface area (Å²) < 4.78 is 6.54. The maximum Gasteiger partial charge on any atom is 0.321 e. The molecule has 2 aromatic rings. The van der Waals surface area contributed by atoms with Crippen molar-refractivity contribution < 1.29 is 9.84 Å². The van der Waals surface area contributed by atoms with E-state index in [2.05, 4.69) is 32.6 Å². The van der Waals surface area contributed by atoms with Gasteiger partial charge >= 0.3 is 6.01 Å². The van der Waals surface area contributed by atoms with E-state index >= 15 is 0 Å². The highest BCUT2D eigenvalue weighted by Crippen LogP contribution is 2.22. The molecular weight excluding hydrogens is 331 g/mol. The lowest BCUT2D eigenvalue weighted by Crippen LogP contribution is -1.97. The lowest BCUT2D eigenvalue weighted by molar-refractivity contribution is 0.297. The Labute approximate surface area is 113 Å². The van der Waals surface area contributed by atoms with Crippen LogP contribution in [-0.2, 0) is 6.42 Å². The Morgan fingerprint density at radius 3 is 2.59 bits per heavy atom. The number of nitrogens with zero attached hydrogens (tertiary/aromatic N) is 2. The molecule has 1 heterocycles. The predicted molar refractivity (Wildman–Crippen MR) is 72.1 cm³/mol. The van der Waals surface area contributed by atoms with Crippen LogP contribution < -0.4 is 4.74 Å². The first-order chi connectivity index (χ1) is 8.29. The SMILES string of the molecule is OCCc1ccccc1Oc1ncc(I)cn1. The second kappa shape index (κ2) is 5.92. The molecule has 1 aromatic heterocycles. The van der Waals surface area contributed by atoms with Gasteiger partial charge in [-0.3, -0.25) is 0 Å². The molecule has 0 spiro atoms. The first-order valence-electron chi connectivity index (χ1n) is 5.14. The molecule has 0 bridgehead atoms. The van der Waals surface area contributed by atoms with Crippen molar-refractivity contribution in [2.24, 2.45) is 0 Å². The maximum atomic E-state index is 8.96. The average Bonchev–Trinajstić information content (AvgIpc) is 2.35. The van der Waals surface area contributed by atoms with Crippen molar-refractivity contribution in [2.45, 2.75) is 6.42 Å². The monoisotopic (exact) mass is 342 g/mol. The Kier molecular flexibility index (Phi) is 4.27. The van der Waals surface area contributed by atoms with Crippen molar-refractivity contribution in [2.75, 3.05) is 6.61 Å². The van der Waals surface area contributed by atoms with Gasteiger partial charge in [0.1, 0.15) is 5.75 Å². The number of rotatable bonds is 4. The van der Waals surface area contributed by atoms with Crippen LogP contribution in [0.4, 0.5) is 0 Å². The van der Waals surface area contributed by atoms with Gasteiger partial charge in [0.25, 0.3) is 0 Å². The number of aliphatic hydroxyl groups excluding tert-OH is 1. The second-order valence-electron chi connectivity index (χ2n) is 3.37. The Bertz CT molecular complexity index is 488. The van der Waals surface area contributed by atoms with E-state index in [0.29, 0.717) is 18.2 Å². The van der Waals surface area contributed by atoms with E-state index in [4.69, 9.17) is 9.84 Å². The van der Waals surface area contributed by atoms with Crippen LogP contribution in [0.2, 0.25) is 0 Å². The molecule has 1 aromatic carbocycles. The summed E-state index contributed by atoms with van der Waals surface area (Å²) in [5.41, 5.74) is 0.942. The summed E-state index contributed by atoms with van der Waals surface area (Å²) in [6.45, 7) is 0.0912. The zero-order valence-corrected chi connectivity index (χ0v) is 11.2. The zero-order valence-electron chi connectivity index (χ0n) is 9.01. The van der Waals surface area contributed by atoms with Crippen molar-refractivity contribution in [1.82, 2.24) is 9.97 Å². The molecule has 0 radical (unpaired) electrons. The van der Waals surface area contributed by atoms with E-state index in [0.717, 1.165) is 9.13 Å². The van der Waals surface area contributed by atoms with Gasteiger partial charge in [-0.05, 0) is 40.6 Å². The van der Waals surface area contributed by atoms with Crippen molar-refractivity contribution >= 4 is 22.6 Å². The van der Waals surface area contributed by atoms with Gasteiger partial charge in [-0.25, -0.2) is 9.97 Å². The number of aromatic nitrogens is 2. The molecule has 0 saturated carbocycles. The maximum absolute atomic E-state index is 8.96. The highest BCUT2D eigenvalue weighted by Gasteiger charge is 2.05. The molecule has 88 valence electrons. The molecule has 2 rings (SSSR count). The molecular formula is C12H11IN2O2. The Balaban J connectivity index is 2.20. The van der Waals surface area contributed by atoms with Crippen LogP contribution in [0.15, 0.2) is 36.7 Å². The van der Waals surface area contributed by atoms with E-state index in [9.17, 15) is 0 Å². The van der Waals surface area contributed by atoms with E-state index in [1.807, 2.05) is 24.3 Å². The lowest BCUT2D eigenvalue weighted by atomic mass is 10.1. The normalized spacial score (nSPS) is 10.2. The molecule has 0 atom stereocenters. The number of aliphatic hydroxyl groups is 1. The number of ether oxygens (including phenoxy) is 1. The van der Waals surface area contributed by atoms with Crippen LogP contribution in [0.5, 0.6) is 11.8 Å². The fourth-order valence-electron chi connectivity index (χ4n) is 1.38. The number of hydrogen-bond acceptors (Lipinski definition) is 4. The molecule has 0 aliphatic heterocycles. The topological polar surface area (TPSA) is 55.2 Å². The molecule has 1 N–H and O–H groups in total. The molecule has 0 amide bonds. The minimum atomic E-state index is 0.0912. The molecule has 4 nitrogen and oxygen atoms in total. The Morgan fingerprint density at radius 1 is 1.18 bits per heavy atom. The highest BCUT2D eigenvalue weighted by molar-refractivity contribution is 14.1. The molecule has 0 saturated heterocycles. The summed E-state index contributed by atoms with van der Waals surface area (Å²) in [7, 11) is 0. The lowest BCUT2D eigenvalue weighted by Gasteiger charge is -2.08. The van der Waals surface area contributed by atoms with E-state index in [1.165, 1.54) is 0 Å². The van der Waals surface area contributed by atoms with Gasteiger partial charge in [0.15, 0.2) is 0 Å². The second-order valence-corrected chi connectivity index (χ2v) is 4.61. The van der Waals surface area contributed by atoms with Crippen LogP contribution in [0.1, 0.15) is 5.56 Å². The molecule has 0 fully saturated rings. The first kappa shape index (κ1) is 12.3. The summed E-state index contributed by atoms with van der Waals surface area (Å²) in [5, 5.41) is 8.96. The smallest absolute Gasteiger partial charge is 0.321 e. The Morgan fingerprint density at radius 2 is 1.88 bits per heavy atom. The minimum absolute atomic E-state index is 0.0912. The van der Waals surface area contributed by atoms with E-state index < -0.39 is 0 Å². The number of para-hydroxylation sites is 1. The third kappa shape index (κ3) is 3.37. The van der Waals surface area contributed by atoms with Crippen molar-refractivity contribution in [3.8, 4) is 11.8 Å². The van der Waals surface area contributed by atoms with Crippen LogP contribution in [0, 0.1) is 3.57 Å². The minimum Gasteiger partial charge on any atom is -0.424 e. The van der Waals surface area contributed by atoms with Crippen LogP contribution in [0.3, 0.4) is 0 Å². The van der Waals surface area contributed by atoms with E-state index in [1.54, 1.807) is 12.4 Å². The number of hydrogen-bond donors (Lipinski definition) is 1. The third-order valence-electron chi connectivity index (χ3n) is 2.15. The highest BCUT2D eigenvalue weighted by atomic mass is 127. The van der Waals surface area contributed by atoms with Crippen molar-refractivity contribution in [1.29, 1.82) is 0 Å². The molecule has 5 heteroatoms. The Hall–Kier alpha value is -1.21. The predicted octanol–water partition coefficient (Wildman–Crippen LogP) is 2.41. The fraction of sp³-hybridized carbons (Fsp3) is 0.167. The summed E-state index contributed by atoms with van der Waals surface area (Å²) in [4.78, 5) is 8.14. The summed E-state index contributed by atoms with van der Waals surface area (Å²) in [5.74, 6) is 0.683. The molecule has 0 aliphatic rings. The standard InChI is InChI=1S/C12H11IN2O2/c13-10-7-14-12(15-8-10)17-11-4-2-1-3-9(11)5-6-16/h1-4,7-8,16H,5-6H2. The molecule has 0 unspecified atom stereocenters. The number of benzene rings is 1. The third-order valence-corrected chi connectivity index (χ3v) is 2.71. The summed E-state index contributed by atoms with van der Waals surface area (Å²) in [6, 6.07) is 7.86. The van der Waals surface area contributed by atoms with E-state index in [-0.39, 0.29) is 6.61 Å². The fourth-order valence-corrected chi connectivity index (χ4v) is 1.66. The van der Waals surface area contributed by atoms with Crippen LogP contribution >= 0.6 is 22.6 Å². The molecule has 0 aliphatic carbocycles. The first-order valence-corrected chi connectivity index (χ1v) is 6.21. The van der Waals surface area contributed by atoms with Crippen LogP contribution in [-0.4, -0.2) is 21.7 Å². The van der Waals surface area contributed by atoms with Gasteiger partial charge in [-0.1, -0.05) is 18.2 Å². The molecule has 17 heavy (non-hydrogen) atoms. The van der Waals surface area contributed by atoms with Crippen molar-refractivity contribution in [3.63, 3.8) is 0 Å². The largest absolute Gasteiger partial charge is 0.424 e. The van der Waals surface area contributed by atoms with Crippen molar-refractivity contribution in [3.05, 3.63) is 45.8 Å².